The number of hydrogen-bond donors (Lipinski definition) is 0. The molecule has 0 amide bonds. The minimum absolute atomic E-state index is 0.174. The Kier molecular flexibility index (Phi) is 6.29. The van der Waals surface area contributed by atoms with E-state index in [4.69, 9.17) is 10.00 Å². The van der Waals surface area contributed by atoms with Crippen LogP contribution < -0.4 is 0 Å². The van der Waals surface area contributed by atoms with Crippen LogP contribution in [0.1, 0.15) is 31.2 Å². The molecular formula is C18H19F2NO. The van der Waals surface area contributed by atoms with Crippen molar-refractivity contribution in [3.8, 4) is 6.07 Å². The summed E-state index contributed by atoms with van der Waals surface area (Å²) in [6, 6.07) is 5.82. The Morgan fingerprint density at radius 1 is 1.14 bits per heavy atom. The predicted octanol–water partition coefficient (Wildman–Crippen LogP) is 4.68. The average molecular weight is 303 g/mol. The van der Waals surface area contributed by atoms with Gasteiger partial charge in [-0.15, -0.1) is 0 Å². The fourth-order valence-electron chi connectivity index (χ4n) is 2.61. The molecule has 1 aromatic carbocycles. The van der Waals surface area contributed by atoms with Gasteiger partial charge in [0.15, 0.2) is 11.6 Å². The summed E-state index contributed by atoms with van der Waals surface area (Å²) in [5.41, 5.74) is 0.655. The molecule has 2 nitrogen and oxygen atoms in total. The molecule has 0 aliphatic heterocycles. The van der Waals surface area contributed by atoms with Gasteiger partial charge in [-0.2, -0.15) is 5.26 Å². The molecule has 0 saturated heterocycles. The van der Waals surface area contributed by atoms with Crippen LogP contribution in [-0.4, -0.2) is 6.10 Å². The van der Waals surface area contributed by atoms with E-state index in [1.165, 1.54) is 12.1 Å². The second-order valence-corrected chi connectivity index (χ2v) is 5.47. The van der Waals surface area contributed by atoms with E-state index in [1.807, 2.05) is 12.1 Å². The molecule has 22 heavy (non-hydrogen) atoms. The molecule has 1 aliphatic rings. The largest absolute Gasteiger partial charge is 0.374 e. The zero-order valence-corrected chi connectivity index (χ0v) is 12.3. The van der Waals surface area contributed by atoms with Crippen LogP contribution in [0.15, 0.2) is 42.5 Å². The maximum Gasteiger partial charge on any atom is 0.159 e. The normalized spacial score (nSPS) is 22.2. The van der Waals surface area contributed by atoms with Crippen molar-refractivity contribution in [3.05, 3.63) is 59.7 Å². The molecule has 1 fully saturated rings. The predicted molar refractivity (Wildman–Crippen MR) is 80.8 cm³/mol. The molecule has 0 radical (unpaired) electrons. The van der Waals surface area contributed by atoms with Crippen molar-refractivity contribution >= 4 is 0 Å². The number of benzene rings is 1. The Morgan fingerprint density at radius 2 is 1.91 bits per heavy atom. The second kappa shape index (κ2) is 8.45. The highest BCUT2D eigenvalue weighted by Gasteiger charge is 2.19. The first kappa shape index (κ1) is 16.4. The van der Waals surface area contributed by atoms with E-state index in [0.717, 1.165) is 31.7 Å². The maximum absolute atomic E-state index is 13.1. The number of halogens is 2. The first-order valence-electron chi connectivity index (χ1n) is 7.47. The molecule has 0 aromatic heterocycles. The summed E-state index contributed by atoms with van der Waals surface area (Å²) < 4.78 is 31.7. The van der Waals surface area contributed by atoms with E-state index < -0.39 is 11.6 Å². The fraction of sp³-hybridized carbons (Fsp3) is 0.389. The Bertz CT molecular complexity index is 581. The minimum atomic E-state index is -0.833. The van der Waals surface area contributed by atoms with Crippen LogP contribution in [0.25, 0.3) is 0 Å². The smallest absolute Gasteiger partial charge is 0.159 e. The molecule has 0 spiro atoms. The Labute approximate surface area is 129 Å². The van der Waals surface area contributed by atoms with E-state index in [9.17, 15) is 8.78 Å². The number of allylic oxidation sites excluding steroid dienone is 4. The third-order valence-corrected chi connectivity index (χ3v) is 3.85. The van der Waals surface area contributed by atoms with Gasteiger partial charge in [-0.05, 0) is 49.3 Å². The fourth-order valence-corrected chi connectivity index (χ4v) is 2.61. The van der Waals surface area contributed by atoms with Gasteiger partial charge in [-0.25, -0.2) is 8.78 Å². The standard InChI is InChI=1S/C18H19F2NO/c19-17-10-7-15(12-18(17)20)13-22-16-8-5-14(6-9-16)4-2-1-3-11-21/h1-4,7,10,12,14,16H,5-6,8-9,13H2. The lowest BCUT2D eigenvalue weighted by Crippen LogP contribution is -2.20. The van der Waals surface area contributed by atoms with Crippen LogP contribution in [0.5, 0.6) is 0 Å². The van der Waals surface area contributed by atoms with Crippen LogP contribution in [0, 0.1) is 28.9 Å². The molecule has 0 bridgehead atoms. The zero-order valence-electron chi connectivity index (χ0n) is 12.3. The molecule has 0 N–H and O–H groups in total. The quantitative estimate of drug-likeness (QED) is 0.584. The molecule has 0 atom stereocenters. The van der Waals surface area contributed by atoms with E-state index in [2.05, 4.69) is 6.08 Å². The molecule has 0 heterocycles. The summed E-state index contributed by atoms with van der Waals surface area (Å²) in [6.45, 7) is 0.313. The van der Waals surface area contributed by atoms with Crippen LogP contribution in [-0.2, 0) is 11.3 Å². The number of hydrogen-bond acceptors (Lipinski definition) is 2. The molecular weight excluding hydrogens is 284 g/mol. The lowest BCUT2D eigenvalue weighted by molar-refractivity contribution is 0.0109. The Balaban J connectivity index is 1.73. The summed E-state index contributed by atoms with van der Waals surface area (Å²) in [4.78, 5) is 0. The molecule has 116 valence electrons. The van der Waals surface area contributed by atoms with E-state index >= 15 is 0 Å². The van der Waals surface area contributed by atoms with Crippen molar-refractivity contribution in [3.63, 3.8) is 0 Å². The second-order valence-electron chi connectivity index (χ2n) is 5.47. The first-order valence-corrected chi connectivity index (χ1v) is 7.47. The van der Waals surface area contributed by atoms with Gasteiger partial charge in [0.2, 0.25) is 0 Å². The summed E-state index contributed by atoms with van der Waals surface area (Å²) in [6.07, 6.45) is 11.4. The van der Waals surface area contributed by atoms with Gasteiger partial charge in [0.25, 0.3) is 0 Å². The summed E-state index contributed by atoms with van der Waals surface area (Å²) in [7, 11) is 0. The lowest BCUT2D eigenvalue weighted by Gasteiger charge is -2.26. The van der Waals surface area contributed by atoms with Gasteiger partial charge < -0.3 is 4.74 Å². The van der Waals surface area contributed by atoms with Gasteiger partial charge >= 0.3 is 0 Å². The summed E-state index contributed by atoms with van der Waals surface area (Å²) in [5, 5.41) is 8.39. The van der Waals surface area contributed by atoms with Crippen molar-refractivity contribution in [2.75, 3.05) is 0 Å². The van der Waals surface area contributed by atoms with Crippen LogP contribution in [0.3, 0.4) is 0 Å². The number of ether oxygens (including phenoxy) is 1. The van der Waals surface area contributed by atoms with Gasteiger partial charge in [0, 0.05) is 6.08 Å². The maximum atomic E-state index is 13.1. The monoisotopic (exact) mass is 303 g/mol. The van der Waals surface area contributed by atoms with Crippen LogP contribution in [0.2, 0.25) is 0 Å². The van der Waals surface area contributed by atoms with Crippen molar-refractivity contribution in [1.29, 1.82) is 5.26 Å². The van der Waals surface area contributed by atoms with Crippen molar-refractivity contribution in [2.45, 2.75) is 38.4 Å². The van der Waals surface area contributed by atoms with E-state index in [-0.39, 0.29) is 6.10 Å². The third-order valence-electron chi connectivity index (χ3n) is 3.85. The zero-order chi connectivity index (χ0) is 15.8. The van der Waals surface area contributed by atoms with Crippen LogP contribution in [0.4, 0.5) is 8.78 Å². The van der Waals surface area contributed by atoms with Gasteiger partial charge in [-0.1, -0.05) is 24.3 Å². The lowest BCUT2D eigenvalue weighted by atomic mass is 9.87. The van der Waals surface area contributed by atoms with Gasteiger partial charge in [0.1, 0.15) is 0 Å². The number of rotatable bonds is 5. The molecule has 1 saturated carbocycles. The van der Waals surface area contributed by atoms with Crippen LogP contribution >= 0.6 is 0 Å². The number of nitriles is 1. The van der Waals surface area contributed by atoms with Crippen molar-refractivity contribution in [2.24, 2.45) is 5.92 Å². The Hall–Kier alpha value is -1.99. The molecule has 1 aromatic rings. The topological polar surface area (TPSA) is 33.0 Å². The molecule has 4 heteroatoms. The van der Waals surface area contributed by atoms with E-state index in [1.54, 1.807) is 12.1 Å². The first-order chi connectivity index (χ1) is 10.7. The van der Waals surface area contributed by atoms with Gasteiger partial charge in [0.05, 0.1) is 18.8 Å². The van der Waals surface area contributed by atoms with Gasteiger partial charge in [-0.3, -0.25) is 0 Å². The highest BCUT2D eigenvalue weighted by atomic mass is 19.2. The average Bonchev–Trinajstić information content (AvgIpc) is 2.54. The van der Waals surface area contributed by atoms with Crippen molar-refractivity contribution < 1.29 is 13.5 Å². The van der Waals surface area contributed by atoms with Crippen molar-refractivity contribution in [1.82, 2.24) is 0 Å². The SMILES string of the molecule is N#CC=CC=CC1CCC(OCc2ccc(F)c(F)c2)CC1. The minimum Gasteiger partial charge on any atom is -0.374 e. The molecule has 2 rings (SSSR count). The number of nitrogens with zero attached hydrogens (tertiary/aromatic N) is 1. The molecule has 0 unspecified atom stereocenters. The third kappa shape index (κ3) is 5.09. The van der Waals surface area contributed by atoms with E-state index in [0.29, 0.717) is 18.1 Å². The summed E-state index contributed by atoms with van der Waals surface area (Å²) in [5.74, 6) is -1.15. The highest BCUT2D eigenvalue weighted by Crippen LogP contribution is 2.27. The highest BCUT2D eigenvalue weighted by molar-refractivity contribution is 5.17. The molecule has 1 aliphatic carbocycles. The summed E-state index contributed by atoms with van der Waals surface area (Å²) >= 11 is 0. The Morgan fingerprint density at radius 3 is 2.59 bits per heavy atom.